The first-order valence-corrected chi connectivity index (χ1v) is 12.0. The standard InChI is InChI=1S/C28H25F3N4S/c1-17-8-6-10-21(14-17)35-26(25(33-27(35)36)24-12-4-5-13-32-24)23-15-18(2)34(19(23)3)22-11-7-9-20(16-22)28(29,30)31/h4-16,25-26H,1-3H3,(H,33,36)/t25-,26-/m1/s1. The Morgan fingerprint density at radius 1 is 0.889 bits per heavy atom. The van der Waals surface area contributed by atoms with Crippen molar-refractivity contribution in [1.82, 2.24) is 14.9 Å². The molecular weight excluding hydrogens is 481 g/mol. The van der Waals surface area contributed by atoms with Crippen molar-refractivity contribution < 1.29 is 13.2 Å². The Morgan fingerprint density at radius 2 is 1.64 bits per heavy atom. The third-order valence-electron chi connectivity index (χ3n) is 6.60. The average Bonchev–Trinajstić information content (AvgIpc) is 3.34. The van der Waals surface area contributed by atoms with Gasteiger partial charge in [-0.25, -0.2) is 0 Å². The highest BCUT2D eigenvalue weighted by Gasteiger charge is 2.42. The van der Waals surface area contributed by atoms with Gasteiger partial charge in [-0.15, -0.1) is 0 Å². The van der Waals surface area contributed by atoms with Crippen molar-refractivity contribution >= 4 is 23.0 Å². The summed E-state index contributed by atoms with van der Waals surface area (Å²) < 4.78 is 42.2. The quantitative estimate of drug-likeness (QED) is 0.302. The molecule has 0 unspecified atom stereocenters. The van der Waals surface area contributed by atoms with Crippen LogP contribution in [0.1, 0.15) is 45.9 Å². The van der Waals surface area contributed by atoms with E-state index in [0.717, 1.165) is 40.0 Å². The van der Waals surface area contributed by atoms with Crippen LogP contribution in [-0.2, 0) is 6.18 Å². The first kappa shape index (κ1) is 24.1. The van der Waals surface area contributed by atoms with E-state index in [-0.39, 0.29) is 12.1 Å². The van der Waals surface area contributed by atoms with Gasteiger partial charge in [-0.3, -0.25) is 4.98 Å². The zero-order valence-electron chi connectivity index (χ0n) is 20.0. The molecule has 1 N–H and O–H groups in total. The van der Waals surface area contributed by atoms with Crippen molar-refractivity contribution in [1.29, 1.82) is 0 Å². The topological polar surface area (TPSA) is 33.1 Å². The van der Waals surface area contributed by atoms with Crippen LogP contribution >= 0.6 is 12.2 Å². The number of hydrogen-bond donors (Lipinski definition) is 1. The molecule has 0 aliphatic carbocycles. The monoisotopic (exact) mass is 506 g/mol. The molecule has 2 aromatic carbocycles. The summed E-state index contributed by atoms with van der Waals surface area (Å²) in [5, 5.41) is 4.02. The number of aryl methyl sites for hydroxylation is 2. The molecule has 2 atom stereocenters. The van der Waals surface area contributed by atoms with E-state index in [4.69, 9.17) is 12.2 Å². The molecule has 0 spiro atoms. The second-order valence-corrected chi connectivity index (χ2v) is 9.43. The van der Waals surface area contributed by atoms with Crippen molar-refractivity contribution in [2.75, 3.05) is 4.90 Å². The summed E-state index contributed by atoms with van der Waals surface area (Å²) in [7, 11) is 0. The fourth-order valence-corrected chi connectivity index (χ4v) is 5.38. The molecule has 1 aliphatic rings. The van der Waals surface area contributed by atoms with Crippen molar-refractivity contribution in [3.63, 3.8) is 0 Å². The number of alkyl halides is 3. The Morgan fingerprint density at radius 3 is 2.33 bits per heavy atom. The van der Waals surface area contributed by atoms with Gasteiger partial charge in [-0.1, -0.05) is 24.3 Å². The lowest BCUT2D eigenvalue weighted by molar-refractivity contribution is -0.137. The van der Waals surface area contributed by atoms with Crippen LogP contribution in [0.5, 0.6) is 0 Å². The third-order valence-corrected chi connectivity index (χ3v) is 6.91. The van der Waals surface area contributed by atoms with Crippen LogP contribution < -0.4 is 10.2 Å². The molecule has 8 heteroatoms. The van der Waals surface area contributed by atoms with Gasteiger partial charge >= 0.3 is 6.18 Å². The maximum absolute atomic E-state index is 13.4. The molecule has 0 bridgehead atoms. The zero-order chi connectivity index (χ0) is 25.6. The molecule has 36 heavy (non-hydrogen) atoms. The predicted octanol–water partition coefficient (Wildman–Crippen LogP) is 6.99. The number of benzene rings is 2. The normalized spacial score (nSPS) is 17.9. The SMILES string of the molecule is Cc1cccc(N2C(=S)N[C@H](c3ccccn3)[C@H]2c2cc(C)n(-c3cccc(C(F)(F)F)c3)c2C)c1. The lowest BCUT2D eigenvalue weighted by atomic mass is 9.96. The largest absolute Gasteiger partial charge is 0.416 e. The minimum Gasteiger partial charge on any atom is -0.351 e. The first-order valence-electron chi connectivity index (χ1n) is 11.6. The number of rotatable bonds is 4. The second kappa shape index (κ2) is 9.09. The minimum absolute atomic E-state index is 0.241. The van der Waals surface area contributed by atoms with Crippen molar-refractivity contribution in [2.24, 2.45) is 0 Å². The fourth-order valence-electron chi connectivity index (χ4n) is 5.03. The lowest BCUT2D eigenvalue weighted by Crippen LogP contribution is -2.29. The summed E-state index contributed by atoms with van der Waals surface area (Å²) in [4.78, 5) is 6.67. The molecule has 1 fully saturated rings. The summed E-state index contributed by atoms with van der Waals surface area (Å²) in [6.07, 6.45) is -2.67. The summed E-state index contributed by atoms with van der Waals surface area (Å²) in [6.45, 7) is 5.87. The number of hydrogen-bond acceptors (Lipinski definition) is 2. The molecule has 184 valence electrons. The Kier molecular flexibility index (Phi) is 6.08. The van der Waals surface area contributed by atoms with Gasteiger partial charge in [0.1, 0.15) is 0 Å². The van der Waals surface area contributed by atoms with E-state index in [1.807, 2.05) is 67.8 Å². The number of thiocarbonyl (C=S) groups is 1. The van der Waals surface area contributed by atoms with Gasteiger partial charge in [0, 0.05) is 29.0 Å². The minimum atomic E-state index is -4.42. The molecule has 4 nitrogen and oxygen atoms in total. The van der Waals surface area contributed by atoms with E-state index in [1.54, 1.807) is 12.3 Å². The highest BCUT2D eigenvalue weighted by Crippen LogP contribution is 2.44. The van der Waals surface area contributed by atoms with E-state index in [9.17, 15) is 13.2 Å². The lowest BCUT2D eigenvalue weighted by Gasteiger charge is -2.28. The Balaban J connectivity index is 1.68. The van der Waals surface area contributed by atoms with Gasteiger partial charge in [0.15, 0.2) is 5.11 Å². The maximum Gasteiger partial charge on any atom is 0.416 e. The van der Waals surface area contributed by atoms with Gasteiger partial charge < -0.3 is 14.8 Å². The van der Waals surface area contributed by atoms with E-state index >= 15 is 0 Å². The predicted molar refractivity (Wildman–Crippen MR) is 139 cm³/mol. The van der Waals surface area contributed by atoms with E-state index < -0.39 is 11.7 Å². The van der Waals surface area contributed by atoms with Crippen molar-refractivity contribution in [3.05, 3.63) is 113 Å². The van der Waals surface area contributed by atoms with Crippen LogP contribution in [-0.4, -0.2) is 14.7 Å². The van der Waals surface area contributed by atoms with Gasteiger partial charge in [0.2, 0.25) is 0 Å². The van der Waals surface area contributed by atoms with Crippen LogP contribution in [0.15, 0.2) is 79.0 Å². The van der Waals surface area contributed by atoms with Crippen LogP contribution in [0.4, 0.5) is 18.9 Å². The number of anilines is 1. The van der Waals surface area contributed by atoms with Gasteiger partial charge in [0.25, 0.3) is 0 Å². The van der Waals surface area contributed by atoms with Gasteiger partial charge in [-0.05, 0) is 92.6 Å². The summed E-state index contributed by atoms with van der Waals surface area (Å²) >= 11 is 5.81. The van der Waals surface area contributed by atoms with Crippen molar-refractivity contribution in [3.8, 4) is 5.69 Å². The Bertz CT molecular complexity index is 1430. The molecule has 3 heterocycles. The maximum atomic E-state index is 13.4. The van der Waals surface area contributed by atoms with Crippen LogP contribution in [0.2, 0.25) is 0 Å². The average molecular weight is 507 g/mol. The number of aromatic nitrogens is 2. The molecular formula is C28H25F3N4S. The summed E-state index contributed by atoms with van der Waals surface area (Å²) in [5.41, 5.74) is 5.33. The molecule has 5 rings (SSSR count). The van der Waals surface area contributed by atoms with Gasteiger partial charge in [0.05, 0.1) is 23.3 Å². The molecule has 4 aromatic rings. The molecule has 1 saturated heterocycles. The first-order chi connectivity index (χ1) is 17.1. The number of pyridine rings is 1. The Labute approximate surface area is 213 Å². The number of nitrogens with zero attached hydrogens (tertiary/aromatic N) is 3. The van der Waals surface area contributed by atoms with Crippen LogP contribution in [0.3, 0.4) is 0 Å². The zero-order valence-corrected chi connectivity index (χ0v) is 20.9. The van der Waals surface area contributed by atoms with E-state index in [2.05, 4.69) is 21.3 Å². The summed E-state index contributed by atoms with van der Waals surface area (Å²) in [5.74, 6) is 0. The van der Waals surface area contributed by atoms with E-state index in [1.165, 1.54) is 12.1 Å². The fraction of sp³-hybridized carbons (Fsp3) is 0.214. The van der Waals surface area contributed by atoms with Crippen LogP contribution in [0.25, 0.3) is 5.69 Å². The van der Waals surface area contributed by atoms with E-state index in [0.29, 0.717) is 10.8 Å². The van der Waals surface area contributed by atoms with Crippen molar-refractivity contribution in [2.45, 2.75) is 39.0 Å². The number of halogens is 3. The molecule has 1 aliphatic heterocycles. The van der Waals surface area contributed by atoms with Crippen LogP contribution in [0, 0.1) is 20.8 Å². The molecule has 0 radical (unpaired) electrons. The summed E-state index contributed by atoms with van der Waals surface area (Å²) in [6, 6.07) is 20.8. The molecule has 2 aromatic heterocycles. The third kappa shape index (κ3) is 4.26. The Hall–Kier alpha value is -3.65. The highest BCUT2D eigenvalue weighted by molar-refractivity contribution is 7.80. The second-order valence-electron chi connectivity index (χ2n) is 9.05. The molecule has 0 saturated carbocycles. The molecule has 0 amide bonds. The number of nitrogens with one attached hydrogen (secondary N) is 1. The highest BCUT2D eigenvalue weighted by atomic mass is 32.1. The smallest absolute Gasteiger partial charge is 0.351 e. The van der Waals surface area contributed by atoms with Gasteiger partial charge in [-0.2, -0.15) is 13.2 Å².